The van der Waals surface area contributed by atoms with Crippen molar-refractivity contribution >= 4 is 0 Å². The van der Waals surface area contributed by atoms with Gasteiger partial charge in [0, 0.05) is 0 Å². The molecular formula is C21H20O2. The average Bonchev–Trinajstić information content (AvgIpc) is 2.61. The Bertz CT molecular complexity index is 751. The molecular weight excluding hydrogens is 284 g/mol. The molecule has 0 radical (unpaired) electrons. The van der Waals surface area contributed by atoms with Crippen LogP contribution in [-0.4, -0.2) is 0 Å². The minimum absolute atomic E-state index is 0.531. The number of ether oxygens (including phenoxy) is 2. The quantitative estimate of drug-likeness (QED) is 0.588. The maximum absolute atomic E-state index is 5.96. The minimum atomic E-state index is 0.531. The summed E-state index contributed by atoms with van der Waals surface area (Å²) in [5.41, 5.74) is 2.31. The van der Waals surface area contributed by atoms with E-state index in [2.05, 4.69) is 13.0 Å². The summed E-state index contributed by atoms with van der Waals surface area (Å²) in [4.78, 5) is 0. The van der Waals surface area contributed by atoms with Crippen LogP contribution in [0.25, 0.3) is 0 Å². The van der Waals surface area contributed by atoms with Crippen LogP contribution < -0.4 is 9.47 Å². The Morgan fingerprint density at radius 2 is 1.48 bits per heavy atom. The SMILES string of the molecule is CCc1ccccc1OCc1cccc(Oc2ccccc2)c1. The molecule has 2 heteroatoms. The highest BCUT2D eigenvalue weighted by molar-refractivity contribution is 5.35. The van der Waals surface area contributed by atoms with E-state index < -0.39 is 0 Å². The fourth-order valence-electron chi connectivity index (χ4n) is 2.42. The first-order valence-corrected chi connectivity index (χ1v) is 7.87. The molecule has 0 N–H and O–H groups in total. The van der Waals surface area contributed by atoms with Crippen LogP contribution in [0.3, 0.4) is 0 Å². The van der Waals surface area contributed by atoms with Gasteiger partial charge in [0.1, 0.15) is 23.9 Å². The molecule has 2 nitrogen and oxygen atoms in total. The normalized spacial score (nSPS) is 10.3. The van der Waals surface area contributed by atoms with Crippen molar-refractivity contribution in [2.75, 3.05) is 0 Å². The Hall–Kier alpha value is -2.74. The van der Waals surface area contributed by atoms with Crippen LogP contribution in [0.15, 0.2) is 78.9 Å². The van der Waals surface area contributed by atoms with Crippen LogP contribution in [0.1, 0.15) is 18.1 Å². The lowest BCUT2D eigenvalue weighted by molar-refractivity contribution is 0.302. The van der Waals surface area contributed by atoms with E-state index in [-0.39, 0.29) is 0 Å². The number of hydrogen-bond acceptors (Lipinski definition) is 2. The summed E-state index contributed by atoms with van der Waals surface area (Å²) in [7, 11) is 0. The fraction of sp³-hybridized carbons (Fsp3) is 0.143. The second-order valence-electron chi connectivity index (χ2n) is 5.31. The van der Waals surface area contributed by atoms with E-state index in [1.54, 1.807) is 0 Å². The second kappa shape index (κ2) is 7.50. The molecule has 3 rings (SSSR count). The molecule has 0 spiro atoms. The van der Waals surface area contributed by atoms with Crippen molar-refractivity contribution in [2.45, 2.75) is 20.0 Å². The molecule has 0 unspecified atom stereocenters. The Labute approximate surface area is 137 Å². The van der Waals surface area contributed by atoms with Gasteiger partial charge in [-0.15, -0.1) is 0 Å². The van der Waals surface area contributed by atoms with Crippen LogP contribution in [0.5, 0.6) is 17.2 Å². The molecule has 0 aliphatic carbocycles. The molecule has 3 aromatic rings. The summed E-state index contributed by atoms with van der Waals surface area (Å²) in [6.45, 7) is 2.67. The van der Waals surface area contributed by atoms with Gasteiger partial charge in [-0.25, -0.2) is 0 Å². The van der Waals surface area contributed by atoms with Crippen LogP contribution in [0.2, 0.25) is 0 Å². The van der Waals surface area contributed by atoms with E-state index in [4.69, 9.17) is 9.47 Å². The van der Waals surface area contributed by atoms with Gasteiger partial charge >= 0.3 is 0 Å². The summed E-state index contributed by atoms with van der Waals surface area (Å²) in [5.74, 6) is 2.60. The Balaban J connectivity index is 1.68. The number of rotatable bonds is 6. The van der Waals surface area contributed by atoms with Gasteiger partial charge in [-0.3, -0.25) is 0 Å². The summed E-state index contributed by atoms with van der Waals surface area (Å²) in [6.07, 6.45) is 0.966. The Kier molecular flexibility index (Phi) is 4.95. The molecule has 116 valence electrons. The van der Waals surface area contributed by atoms with E-state index in [9.17, 15) is 0 Å². The Morgan fingerprint density at radius 1 is 0.739 bits per heavy atom. The summed E-state index contributed by atoms with van der Waals surface area (Å²) >= 11 is 0. The van der Waals surface area contributed by atoms with Crippen LogP contribution in [-0.2, 0) is 13.0 Å². The predicted molar refractivity (Wildman–Crippen MR) is 93.1 cm³/mol. The van der Waals surface area contributed by atoms with Gasteiger partial charge in [0.2, 0.25) is 0 Å². The topological polar surface area (TPSA) is 18.5 Å². The fourth-order valence-corrected chi connectivity index (χ4v) is 2.42. The molecule has 23 heavy (non-hydrogen) atoms. The Morgan fingerprint density at radius 3 is 2.30 bits per heavy atom. The molecule has 0 heterocycles. The highest BCUT2D eigenvalue weighted by atomic mass is 16.5. The highest BCUT2D eigenvalue weighted by Gasteiger charge is 2.03. The monoisotopic (exact) mass is 304 g/mol. The molecule has 0 amide bonds. The summed E-state index contributed by atoms with van der Waals surface area (Å²) < 4.78 is 11.8. The van der Waals surface area contributed by atoms with E-state index in [0.717, 1.165) is 29.2 Å². The van der Waals surface area contributed by atoms with Gasteiger partial charge in [-0.05, 0) is 47.9 Å². The van der Waals surface area contributed by atoms with E-state index in [1.165, 1.54) is 5.56 Å². The van der Waals surface area contributed by atoms with Crippen molar-refractivity contribution in [2.24, 2.45) is 0 Å². The lowest BCUT2D eigenvalue weighted by Crippen LogP contribution is -1.98. The smallest absolute Gasteiger partial charge is 0.127 e. The first kappa shape index (κ1) is 15.2. The standard InChI is InChI=1S/C21H20O2/c1-2-18-10-6-7-14-21(18)22-16-17-9-8-13-20(15-17)23-19-11-4-3-5-12-19/h3-15H,2,16H2,1H3. The van der Waals surface area contributed by atoms with Crippen molar-refractivity contribution in [3.8, 4) is 17.2 Å². The van der Waals surface area contributed by atoms with E-state index >= 15 is 0 Å². The molecule has 0 aliphatic rings. The molecule has 0 aliphatic heterocycles. The molecule has 0 bridgehead atoms. The minimum Gasteiger partial charge on any atom is -0.489 e. The molecule has 0 aromatic heterocycles. The molecule has 3 aromatic carbocycles. The highest BCUT2D eigenvalue weighted by Crippen LogP contribution is 2.24. The first-order chi connectivity index (χ1) is 11.3. The molecule has 0 saturated carbocycles. The van der Waals surface area contributed by atoms with Gasteiger partial charge in [0.25, 0.3) is 0 Å². The lowest BCUT2D eigenvalue weighted by Gasteiger charge is -2.11. The maximum Gasteiger partial charge on any atom is 0.127 e. The second-order valence-corrected chi connectivity index (χ2v) is 5.31. The van der Waals surface area contributed by atoms with Crippen molar-refractivity contribution < 1.29 is 9.47 Å². The van der Waals surface area contributed by atoms with Gasteiger partial charge in [0.05, 0.1) is 0 Å². The molecule has 0 fully saturated rings. The number of hydrogen-bond donors (Lipinski definition) is 0. The number of aryl methyl sites for hydroxylation is 1. The van der Waals surface area contributed by atoms with Crippen molar-refractivity contribution in [1.29, 1.82) is 0 Å². The first-order valence-electron chi connectivity index (χ1n) is 7.87. The maximum atomic E-state index is 5.96. The van der Waals surface area contributed by atoms with Gasteiger partial charge < -0.3 is 9.47 Å². The van der Waals surface area contributed by atoms with Crippen molar-refractivity contribution in [1.82, 2.24) is 0 Å². The van der Waals surface area contributed by atoms with Gasteiger partial charge in [-0.1, -0.05) is 55.5 Å². The zero-order valence-corrected chi connectivity index (χ0v) is 13.2. The summed E-state index contributed by atoms with van der Waals surface area (Å²) in [6, 6.07) is 26.0. The number of para-hydroxylation sites is 2. The summed E-state index contributed by atoms with van der Waals surface area (Å²) in [5, 5.41) is 0. The van der Waals surface area contributed by atoms with Crippen molar-refractivity contribution in [3.05, 3.63) is 90.0 Å². The van der Waals surface area contributed by atoms with Crippen LogP contribution in [0.4, 0.5) is 0 Å². The molecule has 0 saturated heterocycles. The number of benzene rings is 3. The average molecular weight is 304 g/mol. The zero-order chi connectivity index (χ0) is 15.9. The third kappa shape index (κ3) is 4.13. The van der Waals surface area contributed by atoms with Crippen molar-refractivity contribution in [3.63, 3.8) is 0 Å². The van der Waals surface area contributed by atoms with Gasteiger partial charge in [0.15, 0.2) is 0 Å². The third-order valence-corrected chi connectivity index (χ3v) is 3.63. The van der Waals surface area contributed by atoms with Gasteiger partial charge in [-0.2, -0.15) is 0 Å². The third-order valence-electron chi connectivity index (χ3n) is 3.63. The zero-order valence-electron chi connectivity index (χ0n) is 13.2. The predicted octanol–water partition coefficient (Wildman–Crippen LogP) is 5.62. The lowest BCUT2D eigenvalue weighted by atomic mass is 10.1. The van der Waals surface area contributed by atoms with E-state index in [1.807, 2.05) is 72.8 Å². The van der Waals surface area contributed by atoms with Crippen LogP contribution in [0, 0.1) is 0 Å². The largest absolute Gasteiger partial charge is 0.489 e. The molecule has 0 atom stereocenters. The van der Waals surface area contributed by atoms with Crippen LogP contribution >= 0.6 is 0 Å². The van der Waals surface area contributed by atoms with E-state index in [0.29, 0.717) is 6.61 Å².